The summed E-state index contributed by atoms with van der Waals surface area (Å²) in [7, 11) is 3.13. The highest BCUT2D eigenvalue weighted by Crippen LogP contribution is 2.70. The maximum atomic E-state index is 12.6. The van der Waals surface area contributed by atoms with Crippen molar-refractivity contribution in [1.82, 2.24) is 35.3 Å². The van der Waals surface area contributed by atoms with E-state index in [1.807, 2.05) is 0 Å². The van der Waals surface area contributed by atoms with Crippen LogP contribution in [-0.2, 0) is 11.8 Å². The number of nitrogens with zero attached hydrogens (tertiary/aromatic N) is 6. The van der Waals surface area contributed by atoms with Crippen LogP contribution in [-0.4, -0.2) is 70.3 Å². The number of aliphatic hydroxyl groups is 3. The molecule has 36 heavy (non-hydrogen) atoms. The Kier molecular flexibility index (Phi) is 5.54. The van der Waals surface area contributed by atoms with Gasteiger partial charge in [-0.25, -0.2) is 9.97 Å². The third kappa shape index (κ3) is 4.66. The molecule has 0 aromatic carbocycles. The fraction of sp³-hybridized carbons (Fsp3) is 0.381. The molecule has 188 valence electrons. The predicted octanol–water partition coefficient (Wildman–Crippen LogP) is -0.524. The number of pyridine rings is 1. The van der Waals surface area contributed by atoms with Gasteiger partial charge in [-0.15, -0.1) is 10.2 Å². The van der Waals surface area contributed by atoms with Crippen molar-refractivity contribution in [3.63, 3.8) is 0 Å². The number of hydrogen-bond donors (Lipinski definition) is 6. The molecule has 2 saturated carbocycles. The predicted molar refractivity (Wildman–Crippen MR) is 121 cm³/mol. The molecule has 15 heteroatoms. The van der Waals surface area contributed by atoms with Gasteiger partial charge in [-0.05, 0) is 30.7 Å². The Morgan fingerprint density at radius 1 is 1.22 bits per heavy atom. The fourth-order valence-electron chi connectivity index (χ4n) is 4.08. The number of methoxy groups -OCH3 is 1. The van der Waals surface area contributed by atoms with Crippen LogP contribution in [0.15, 0.2) is 24.7 Å². The van der Waals surface area contributed by atoms with E-state index in [9.17, 15) is 24.9 Å². The number of rotatable bonds is 8. The minimum atomic E-state index is -3.49. The number of carbonyl (C=O) groups is 2. The highest BCUT2D eigenvalue weighted by atomic mass is 16.7. The number of aromatic nitrogens is 6. The largest absolute Gasteiger partial charge is 0.492 e. The highest BCUT2D eigenvalue weighted by molar-refractivity contribution is 6.00. The number of ether oxygens (including phenoxy) is 1. The Bertz CT molecular complexity index is 1350. The van der Waals surface area contributed by atoms with Crippen molar-refractivity contribution in [2.24, 2.45) is 18.4 Å². The van der Waals surface area contributed by atoms with Crippen molar-refractivity contribution in [1.29, 1.82) is 0 Å². The molecule has 15 nitrogen and oxygen atoms in total. The van der Waals surface area contributed by atoms with Crippen molar-refractivity contribution in [3.05, 3.63) is 30.4 Å². The molecule has 2 aliphatic carbocycles. The Balaban J connectivity index is 1.48. The van der Waals surface area contributed by atoms with Gasteiger partial charge in [-0.1, -0.05) is 0 Å². The van der Waals surface area contributed by atoms with Gasteiger partial charge in [0.05, 0.1) is 18.4 Å². The third-order valence-electron chi connectivity index (χ3n) is 6.14. The minimum Gasteiger partial charge on any atom is -0.492 e. The Morgan fingerprint density at radius 3 is 2.61 bits per heavy atom. The maximum absolute atomic E-state index is 12.6. The van der Waals surface area contributed by atoms with Gasteiger partial charge in [0, 0.05) is 25.2 Å². The van der Waals surface area contributed by atoms with Crippen molar-refractivity contribution < 1.29 is 29.6 Å². The summed E-state index contributed by atoms with van der Waals surface area (Å²) in [6.07, 6.45) is 2.38. The van der Waals surface area contributed by atoms with Crippen molar-refractivity contribution in [3.8, 4) is 17.1 Å². The number of anilines is 3. The molecular formula is C21H23N9O6. The Hall–Kier alpha value is -4.21. The monoisotopic (exact) mass is 497 g/mol. The molecule has 1 atom stereocenters. The molecule has 3 heterocycles. The number of amides is 2. The summed E-state index contributed by atoms with van der Waals surface area (Å²) in [4.78, 5) is 33.6. The molecule has 0 saturated heterocycles. The minimum absolute atomic E-state index is 0.0177. The number of aryl methyl sites for hydroxylation is 1. The standard InChI is InChI=1S/C21H23N9O6/c1-30-9-23-16(29-30)10-3-6-22-17(15(10)36-2)24-12-7-13(25-18(31)11-8-20(11)4-5-20)27-28-14(12)19(32)26-21(33,34)35/h3,6-7,9,11,33-35H,4-5,8H2,1-2H3,(H,26,32)(H2,22,24,25,27,31)/t11-/m0/s1. The summed E-state index contributed by atoms with van der Waals surface area (Å²) in [6, 6.07) is 2.98. The number of nitrogens with one attached hydrogen (secondary N) is 3. The zero-order chi connectivity index (χ0) is 25.7. The van der Waals surface area contributed by atoms with E-state index in [1.165, 1.54) is 30.4 Å². The van der Waals surface area contributed by atoms with Gasteiger partial charge >= 0.3 is 6.10 Å². The van der Waals surface area contributed by atoms with Gasteiger partial charge in [0.1, 0.15) is 6.33 Å². The zero-order valence-corrected chi connectivity index (χ0v) is 19.3. The van der Waals surface area contributed by atoms with Crippen LogP contribution in [0.25, 0.3) is 11.4 Å². The molecule has 0 radical (unpaired) electrons. The summed E-state index contributed by atoms with van der Waals surface area (Å²) in [6.45, 7) is 0. The normalized spacial score (nSPS) is 17.4. The van der Waals surface area contributed by atoms with Crippen LogP contribution in [0.2, 0.25) is 0 Å². The third-order valence-corrected chi connectivity index (χ3v) is 6.14. The van der Waals surface area contributed by atoms with Gasteiger partial charge < -0.3 is 30.7 Å². The van der Waals surface area contributed by atoms with E-state index in [1.54, 1.807) is 18.4 Å². The molecule has 3 aromatic heterocycles. The average molecular weight is 497 g/mol. The second kappa shape index (κ2) is 8.47. The molecule has 3 aromatic rings. The van der Waals surface area contributed by atoms with Crippen LogP contribution < -0.4 is 20.7 Å². The Morgan fingerprint density at radius 2 is 2.00 bits per heavy atom. The van der Waals surface area contributed by atoms with Crippen LogP contribution in [0.1, 0.15) is 29.8 Å². The molecule has 5 rings (SSSR count). The van der Waals surface area contributed by atoms with Gasteiger partial charge in [0.15, 0.2) is 28.9 Å². The van der Waals surface area contributed by atoms with Crippen LogP contribution >= 0.6 is 0 Å². The van der Waals surface area contributed by atoms with E-state index in [2.05, 4.69) is 35.9 Å². The molecular weight excluding hydrogens is 474 g/mol. The molecule has 2 aliphatic rings. The summed E-state index contributed by atoms with van der Waals surface area (Å²) >= 11 is 0. The summed E-state index contributed by atoms with van der Waals surface area (Å²) in [5, 5.41) is 46.6. The van der Waals surface area contributed by atoms with Crippen LogP contribution in [0.4, 0.5) is 17.3 Å². The number of hydrogen-bond acceptors (Lipinski definition) is 12. The van der Waals surface area contributed by atoms with Gasteiger partial charge in [-0.2, -0.15) is 5.10 Å². The maximum Gasteiger partial charge on any atom is 0.369 e. The second-order valence-electron chi connectivity index (χ2n) is 8.80. The first-order valence-corrected chi connectivity index (χ1v) is 10.9. The van der Waals surface area contributed by atoms with Crippen molar-refractivity contribution >= 4 is 29.1 Å². The molecule has 6 N–H and O–H groups in total. The first-order chi connectivity index (χ1) is 17.1. The fourth-order valence-corrected chi connectivity index (χ4v) is 4.08. The first kappa shape index (κ1) is 23.5. The quantitative estimate of drug-likeness (QED) is 0.217. The molecule has 0 bridgehead atoms. The van der Waals surface area contributed by atoms with Crippen molar-refractivity contribution in [2.75, 3.05) is 17.7 Å². The van der Waals surface area contributed by atoms with Gasteiger partial charge in [0.25, 0.3) is 5.91 Å². The van der Waals surface area contributed by atoms with Gasteiger partial charge in [-0.3, -0.25) is 19.6 Å². The average Bonchev–Trinajstić information content (AvgIpc) is 3.71. The lowest BCUT2D eigenvalue weighted by Crippen LogP contribution is -2.48. The van der Waals surface area contributed by atoms with E-state index in [0.29, 0.717) is 11.4 Å². The first-order valence-electron chi connectivity index (χ1n) is 10.9. The molecule has 0 unspecified atom stereocenters. The zero-order valence-electron chi connectivity index (χ0n) is 19.3. The van der Waals surface area contributed by atoms with E-state index in [-0.39, 0.29) is 40.3 Å². The van der Waals surface area contributed by atoms with Crippen LogP contribution in [0.3, 0.4) is 0 Å². The Labute approximate surface area is 203 Å². The smallest absolute Gasteiger partial charge is 0.369 e. The lowest BCUT2D eigenvalue weighted by Gasteiger charge is -2.18. The molecule has 2 fully saturated rings. The summed E-state index contributed by atoms with van der Waals surface area (Å²) < 4.78 is 7.03. The van der Waals surface area contributed by atoms with E-state index in [0.717, 1.165) is 19.3 Å². The number of carbonyl (C=O) groups excluding carboxylic acids is 2. The lowest BCUT2D eigenvalue weighted by atomic mass is 10.2. The van der Waals surface area contributed by atoms with E-state index < -0.39 is 17.7 Å². The van der Waals surface area contributed by atoms with E-state index in [4.69, 9.17) is 4.74 Å². The highest BCUT2D eigenvalue weighted by Gasteiger charge is 2.65. The molecule has 1 spiro atoms. The molecule has 2 amide bonds. The second-order valence-corrected chi connectivity index (χ2v) is 8.80. The summed E-state index contributed by atoms with van der Waals surface area (Å²) in [5.41, 5.74) is 0.184. The lowest BCUT2D eigenvalue weighted by molar-refractivity contribution is -0.323. The van der Waals surface area contributed by atoms with Crippen molar-refractivity contribution in [2.45, 2.75) is 25.4 Å². The topological polar surface area (TPSA) is 210 Å². The van der Waals surface area contributed by atoms with Crippen LogP contribution in [0.5, 0.6) is 5.75 Å². The van der Waals surface area contributed by atoms with Gasteiger partial charge in [0.2, 0.25) is 5.91 Å². The van der Waals surface area contributed by atoms with Crippen LogP contribution in [0, 0.1) is 11.3 Å². The van der Waals surface area contributed by atoms with E-state index >= 15 is 0 Å². The summed E-state index contributed by atoms with van der Waals surface area (Å²) in [5.74, 6) is -0.632. The molecule has 0 aliphatic heterocycles. The SMILES string of the molecule is COc1c(-c2ncn(C)n2)ccnc1Nc1cc(NC(=O)[C@@H]2CC23CC3)nnc1C(=O)NC(O)(O)O.